The van der Waals surface area contributed by atoms with Crippen LogP contribution < -0.4 is 10.1 Å². The summed E-state index contributed by atoms with van der Waals surface area (Å²) in [6.45, 7) is 1.50. The molecule has 1 fully saturated rings. The first kappa shape index (κ1) is 23.2. The van der Waals surface area contributed by atoms with Gasteiger partial charge in [-0.1, -0.05) is 42.1 Å². The minimum Gasteiger partial charge on any atom is -0.433 e. The average molecular weight is 474 g/mol. The van der Waals surface area contributed by atoms with Gasteiger partial charge in [0.15, 0.2) is 11.0 Å². The molecule has 0 saturated carbocycles. The van der Waals surface area contributed by atoms with Crippen LogP contribution in [-0.2, 0) is 11.3 Å². The Morgan fingerprint density at radius 1 is 1.09 bits per heavy atom. The van der Waals surface area contributed by atoms with Gasteiger partial charge in [0.2, 0.25) is 5.91 Å². The summed E-state index contributed by atoms with van der Waals surface area (Å²) in [7, 11) is 0. The molecule has 10 heteroatoms. The lowest BCUT2D eigenvalue weighted by Gasteiger charge is -2.17. The fraction of sp³-hybridized carbons (Fsp3) is 0.348. The van der Waals surface area contributed by atoms with Crippen molar-refractivity contribution < 1.29 is 18.3 Å². The first-order valence-corrected chi connectivity index (χ1v) is 11.6. The molecular weight excluding hydrogens is 448 g/mol. The van der Waals surface area contributed by atoms with Crippen LogP contribution in [0.15, 0.2) is 59.8 Å². The van der Waals surface area contributed by atoms with E-state index in [1.165, 1.54) is 36.7 Å². The van der Waals surface area contributed by atoms with E-state index in [0.29, 0.717) is 11.7 Å². The Labute approximate surface area is 195 Å². The monoisotopic (exact) mass is 473 g/mol. The molecule has 1 aromatic heterocycles. The number of hydrogen-bond acceptors (Lipinski definition) is 6. The molecule has 0 spiro atoms. The maximum Gasteiger partial charge on any atom is 0.387 e. The molecule has 1 unspecified atom stereocenters. The quantitative estimate of drug-likeness (QED) is 0.459. The number of aromatic nitrogens is 3. The molecule has 1 N–H and O–H groups in total. The topological polar surface area (TPSA) is 72.3 Å². The molecule has 7 nitrogen and oxygen atoms in total. The van der Waals surface area contributed by atoms with Gasteiger partial charge in [-0.15, -0.1) is 10.2 Å². The number of carbonyl (C=O) groups is 1. The van der Waals surface area contributed by atoms with E-state index in [0.717, 1.165) is 24.6 Å². The number of halogens is 2. The smallest absolute Gasteiger partial charge is 0.387 e. The molecule has 174 valence electrons. The zero-order chi connectivity index (χ0) is 23.2. The standard InChI is InChI=1S/C23H25F2N5O2S/c1-16(21(31)26-18-11-5-6-12-19(18)32-22(24)25)33-23-28-27-20(15-29-13-7-8-14-29)30(23)17-9-3-2-4-10-17/h2-6,9-12,16,22H,7-8,13-15H2,1H3,(H,26,31). The summed E-state index contributed by atoms with van der Waals surface area (Å²) in [6, 6.07) is 15.9. The first-order chi connectivity index (χ1) is 16.0. The van der Waals surface area contributed by atoms with Crippen LogP contribution in [0.1, 0.15) is 25.6 Å². The maximum atomic E-state index is 12.8. The number of nitrogens with zero attached hydrogens (tertiary/aromatic N) is 4. The van der Waals surface area contributed by atoms with Gasteiger partial charge < -0.3 is 10.1 Å². The number of para-hydroxylation sites is 3. The molecule has 1 atom stereocenters. The second-order valence-electron chi connectivity index (χ2n) is 7.68. The Morgan fingerprint density at radius 3 is 2.52 bits per heavy atom. The van der Waals surface area contributed by atoms with Gasteiger partial charge in [-0.3, -0.25) is 14.3 Å². The van der Waals surface area contributed by atoms with Gasteiger partial charge in [0.05, 0.1) is 17.5 Å². The summed E-state index contributed by atoms with van der Waals surface area (Å²) >= 11 is 1.26. The van der Waals surface area contributed by atoms with E-state index in [9.17, 15) is 13.6 Å². The molecule has 4 rings (SSSR count). The van der Waals surface area contributed by atoms with Gasteiger partial charge in [-0.2, -0.15) is 8.78 Å². The van der Waals surface area contributed by atoms with Crippen molar-refractivity contribution in [2.45, 2.75) is 43.3 Å². The number of hydrogen-bond donors (Lipinski definition) is 1. The zero-order valence-corrected chi connectivity index (χ0v) is 19.0. The van der Waals surface area contributed by atoms with Crippen LogP contribution >= 0.6 is 11.8 Å². The van der Waals surface area contributed by atoms with E-state index < -0.39 is 11.9 Å². The number of anilines is 1. The fourth-order valence-corrected chi connectivity index (χ4v) is 4.56. The second kappa shape index (κ2) is 10.8. The van der Waals surface area contributed by atoms with Crippen molar-refractivity contribution in [1.82, 2.24) is 19.7 Å². The molecule has 0 aliphatic carbocycles. The molecular formula is C23H25F2N5O2S. The van der Waals surface area contributed by atoms with Crippen molar-refractivity contribution in [3.63, 3.8) is 0 Å². The first-order valence-electron chi connectivity index (χ1n) is 10.7. The van der Waals surface area contributed by atoms with Crippen LogP contribution in [0.4, 0.5) is 14.5 Å². The maximum absolute atomic E-state index is 12.8. The van der Waals surface area contributed by atoms with Crippen LogP contribution in [0.3, 0.4) is 0 Å². The molecule has 2 aromatic carbocycles. The lowest BCUT2D eigenvalue weighted by atomic mass is 10.3. The number of thioether (sulfide) groups is 1. The minimum atomic E-state index is -2.98. The molecule has 0 radical (unpaired) electrons. The number of alkyl halides is 2. The van der Waals surface area contributed by atoms with Crippen LogP contribution in [0, 0.1) is 0 Å². The predicted octanol–water partition coefficient (Wildman–Crippen LogP) is 4.58. The predicted molar refractivity (Wildman–Crippen MR) is 123 cm³/mol. The highest BCUT2D eigenvalue weighted by Gasteiger charge is 2.24. The number of likely N-dealkylation sites (tertiary alicyclic amines) is 1. The van der Waals surface area contributed by atoms with Crippen molar-refractivity contribution in [2.24, 2.45) is 0 Å². The largest absolute Gasteiger partial charge is 0.433 e. The fourth-order valence-electron chi connectivity index (χ4n) is 3.67. The lowest BCUT2D eigenvalue weighted by molar-refractivity contribution is -0.115. The number of benzene rings is 2. The Morgan fingerprint density at radius 2 is 1.79 bits per heavy atom. The van der Waals surface area contributed by atoms with E-state index in [1.54, 1.807) is 19.1 Å². The molecule has 1 amide bonds. The van der Waals surface area contributed by atoms with Crippen LogP contribution in [0.25, 0.3) is 5.69 Å². The average Bonchev–Trinajstić information content (AvgIpc) is 3.45. The number of ether oxygens (including phenoxy) is 1. The SMILES string of the molecule is CC(Sc1nnc(CN2CCCC2)n1-c1ccccc1)C(=O)Nc1ccccc1OC(F)F. The number of nitrogens with one attached hydrogen (secondary N) is 1. The van der Waals surface area contributed by atoms with Crippen molar-refractivity contribution in [3.8, 4) is 11.4 Å². The molecule has 3 aromatic rings. The van der Waals surface area contributed by atoms with E-state index >= 15 is 0 Å². The van der Waals surface area contributed by atoms with Crippen molar-refractivity contribution in [2.75, 3.05) is 18.4 Å². The molecule has 2 heterocycles. The van der Waals surface area contributed by atoms with E-state index in [4.69, 9.17) is 0 Å². The van der Waals surface area contributed by atoms with E-state index in [2.05, 4.69) is 25.2 Å². The number of rotatable bonds is 9. The number of amides is 1. The second-order valence-corrected chi connectivity index (χ2v) is 8.98. The van der Waals surface area contributed by atoms with Gasteiger partial charge in [-0.25, -0.2) is 0 Å². The van der Waals surface area contributed by atoms with E-state index in [1.807, 2.05) is 34.9 Å². The van der Waals surface area contributed by atoms with Gasteiger partial charge in [0.25, 0.3) is 0 Å². The minimum absolute atomic E-state index is 0.0848. The van der Waals surface area contributed by atoms with Crippen LogP contribution in [0.2, 0.25) is 0 Å². The van der Waals surface area contributed by atoms with Gasteiger partial charge >= 0.3 is 6.61 Å². The van der Waals surface area contributed by atoms with E-state index in [-0.39, 0.29) is 17.3 Å². The third-order valence-electron chi connectivity index (χ3n) is 5.29. The molecule has 0 bridgehead atoms. The third-order valence-corrected chi connectivity index (χ3v) is 6.33. The summed E-state index contributed by atoms with van der Waals surface area (Å²) in [5.41, 5.74) is 1.11. The summed E-state index contributed by atoms with van der Waals surface area (Å²) in [5.74, 6) is 0.376. The summed E-state index contributed by atoms with van der Waals surface area (Å²) in [5, 5.41) is 11.5. The molecule has 33 heavy (non-hydrogen) atoms. The Bertz CT molecular complexity index is 1070. The van der Waals surface area contributed by atoms with Crippen LogP contribution in [-0.4, -0.2) is 50.5 Å². The van der Waals surface area contributed by atoms with Crippen molar-refractivity contribution in [3.05, 3.63) is 60.4 Å². The van der Waals surface area contributed by atoms with Gasteiger partial charge in [0.1, 0.15) is 5.75 Å². The van der Waals surface area contributed by atoms with Crippen LogP contribution in [0.5, 0.6) is 5.75 Å². The number of carbonyl (C=O) groups excluding carboxylic acids is 1. The summed E-state index contributed by atoms with van der Waals surface area (Å²) < 4.78 is 31.8. The molecule has 1 aliphatic heterocycles. The molecule has 1 saturated heterocycles. The van der Waals surface area contributed by atoms with Gasteiger partial charge in [0, 0.05) is 5.69 Å². The van der Waals surface area contributed by atoms with Crippen molar-refractivity contribution in [1.29, 1.82) is 0 Å². The molecule has 1 aliphatic rings. The lowest BCUT2D eigenvalue weighted by Crippen LogP contribution is -2.24. The van der Waals surface area contributed by atoms with Crippen molar-refractivity contribution >= 4 is 23.4 Å². The summed E-state index contributed by atoms with van der Waals surface area (Å²) in [4.78, 5) is 15.2. The van der Waals surface area contributed by atoms with Gasteiger partial charge in [-0.05, 0) is 57.1 Å². The third kappa shape index (κ3) is 5.88. The summed E-state index contributed by atoms with van der Waals surface area (Å²) in [6.07, 6.45) is 2.35. The highest BCUT2D eigenvalue weighted by molar-refractivity contribution is 8.00. The highest BCUT2D eigenvalue weighted by atomic mass is 32.2. The zero-order valence-electron chi connectivity index (χ0n) is 18.2. The Kier molecular flexibility index (Phi) is 7.56. The Balaban J connectivity index is 1.52. The Hall–Kier alpha value is -2.98. The normalized spacial score (nSPS) is 15.0. The highest BCUT2D eigenvalue weighted by Crippen LogP contribution is 2.30.